The molecule has 0 saturated carbocycles. The Morgan fingerprint density at radius 1 is 1.09 bits per heavy atom. The van der Waals surface area contributed by atoms with Crippen molar-refractivity contribution in [2.45, 2.75) is 30.5 Å². The van der Waals surface area contributed by atoms with Crippen LogP contribution in [0.3, 0.4) is 0 Å². The molecule has 1 rings (SSSR count). The summed E-state index contributed by atoms with van der Waals surface area (Å²) >= 11 is 0. The minimum Gasteiger partial charge on any atom is -0.465 e. The number of carbonyl (C=O) groups is 1. The van der Waals surface area contributed by atoms with Gasteiger partial charge in [0.2, 0.25) is 0 Å². The van der Waals surface area contributed by atoms with Crippen molar-refractivity contribution < 1.29 is 45.4 Å². The summed E-state index contributed by atoms with van der Waals surface area (Å²) in [5, 5.41) is 9.66. The number of carbonyl (C=O) groups excluding carboxylic acids is 1. The lowest BCUT2D eigenvalue weighted by Crippen LogP contribution is -2.54. The number of aliphatic hydroxyl groups is 1. The van der Waals surface area contributed by atoms with Crippen LogP contribution in [-0.2, 0) is 4.74 Å². The number of halogens is 7. The first-order valence-electron chi connectivity index (χ1n) is 6.03. The molecule has 0 saturated heterocycles. The zero-order chi connectivity index (χ0) is 18.1. The Balaban J connectivity index is 3.26. The molecule has 23 heavy (non-hydrogen) atoms. The fourth-order valence-electron chi connectivity index (χ4n) is 1.85. The smallest absolute Gasteiger partial charge is 0.431 e. The molecule has 1 N–H and O–H groups in total. The maximum absolute atomic E-state index is 13.6. The van der Waals surface area contributed by atoms with Gasteiger partial charge in [-0.05, 0) is 11.6 Å². The van der Waals surface area contributed by atoms with Crippen LogP contribution in [0.4, 0.5) is 30.7 Å². The predicted octanol–water partition coefficient (Wildman–Crippen LogP) is 3.73. The quantitative estimate of drug-likeness (QED) is 0.666. The number of benzene rings is 1. The van der Waals surface area contributed by atoms with Crippen LogP contribution in [-0.4, -0.2) is 36.2 Å². The average molecular weight is 348 g/mol. The molecule has 0 amide bonds. The van der Waals surface area contributed by atoms with Crippen LogP contribution in [0.25, 0.3) is 0 Å². The topological polar surface area (TPSA) is 46.5 Å². The van der Waals surface area contributed by atoms with Crippen LogP contribution in [0.1, 0.15) is 28.4 Å². The summed E-state index contributed by atoms with van der Waals surface area (Å²) in [4.78, 5) is 11.4. The molecule has 3 nitrogen and oxygen atoms in total. The van der Waals surface area contributed by atoms with E-state index in [4.69, 9.17) is 0 Å². The van der Waals surface area contributed by atoms with E-state index in [2.05, 4.69) is 4.74 Å². The molecular formula is C13H11F7O3. The lowest BCUT2D eigenvalue weighted by molar-refractivity contribution is -0.347. The van der Waals surface area contributed by atoms with Crippen molar-refractivity contribution in [1.82, 2.24) is 0 Å². The van der Waals surface area contributed by atoms with E-state index in [-0.39, 0.29) is 0 Å². The number of esters is 1. The number of aliphatic hydroxyl groups excluding tert-OH is 1. The third-order valence-electron chi connectivity index (χ3n) is 3.10. The molecule has 0 aliphatic rings. The van der Waals surface area contributed by atoms with Crippen molar-refractivity contribution >= 4 is 5.97 Å². The van der Waals surface area contributed by atoms with Crippen LogP contribution >= 0.6 is 0 Å². The number of methoxy groups -OCH3 is 1. The minimum atomic E-state index is -6.29. The second-order valence-electron chi connectivity index (χ2n) is 4.60. The van der Waals surface area contributed by atoms with Crippen LogP contribution < -0.4 is 0 Å². The summed E-state index contributed by atoms with van der Waals surface area (Å²) < 4.78 is 93.0. The number of alkyl halides is 7. The highest BCUT2D eigenvalue weighted by molar-refractivity contribution is 5.91. The van der Waals surface area contributed by atoms with Gasteiger partial charge >= 0.3 is 24.0 Å². The Morgan fingerprint density at radius 3 is 2.00 bits per heavy atom. The van der Waals surface area contributed by atoms with E-state index in [0.29, 0.717) is 0 Å². The van der Waals surface area contributed by atoms with E-state index in [9.17, 15) is 40.6 Å². The standard InChI is InChI=1S/C13H11F7O3/c1-23-10(22)8-5-3-2-4-7(8)9(21)6-11(14,12(15,16)17)13(18,19)20/h2-5,9,21H,6H2,1H3. The Kier molecular flexibility index (Phi) is 5.30. The van der Waals surface area contributed by atoms with Gasteiger partial charge in [-0.3, -0.25) is 0 Å². The Hall–Kier alpha value is -1.84. The molecule has 10 heteroatoms. The minimum absolute atomic E-state index is 0.464. The molecule has 0 spiro atoms. The normalized spacial score (nSPS) is 14.5. The molecule has 0 heterocycles. The van der Waals surface area contributed by atoms with E-state index in [1.54, 1.807) is 0 Å². The molecule has 0 aliphatic carbocycles. The first-order chi connectivity index (χ1) is 10.3. The average Bonchev–Trinajstić information content (AvgIpc) is 2.43. The third-order valence-corrected chi connectivity index (χ3v) is 3.10. The molecular weight excluding hydrogens is 337 g/mol. The molecule has 130 valence electrons. The molecule has 1 atom stereocenters. The van der Waals surface area contributed by atoms with Crippen LogP contribution in [0, 0.1) is 0 Å². The Morgan fingerprint density at radius 2 is 1.57 bits per heavy atom. The van der Waals surface area contributed by atoms with E-state index in [0.717, 1.165) is 25.3 Å². The largest absolute Gasteiger partial charge is 0.465 e. The zero-order valence-corrected chi connectivity index (χ0v) is 11.5. The van der Waals surface area contributed by atoms with Gasteiger partial charge in [-0.2, -0.15) is 26.3 Å². The van der Waals surface area contributed by atoms with Crippen molar-refractivity contribution in [3.05, 3.63) is 35.4 Å². The second kappa shape index (κ2) is 6.34. The van der Waals surface area contributed by atoms with Gasteiger partial charge in [0.25, 0.3) is 0 Å². The van der Waals surface area contributed by atoms with E-state index in [1.165, 1.54) is 6.07 Å². The van der Waals surface area contributed by atoms with Gasteiger partial charge < -0.3 is 9.84 Å². The van der Waals surface area contributed by atoms with Gasteiger partial charge in [0.1, 0.15) is 0 Å². The third kappa shape index (κ3) is 3.74. The lowest BCUT2D eigenvalue weighted by atomic mass is 9.91. The van der Waals surface area contributed by atoms with Crippen LogP contribution in [0.5, 0.6) is 0 Å². The monoisotopic (exact) mass is 348 g/mol. The predicted molar refractivity (Wildman–Crippen MR) is 63.3 cm³/mol. The van der Waals surface area contributed by atoms with Gasteiger partial charge in [-0.25, -0.2) is 9.18 Å². The number of ether oxygens (including phenoxy) is 1. The van der Waals surface area contributed by atoms with Crippen molar-refractivity contribution in [2.75, 3.05) is 7.11 Å². The van der Waals surface area contributed by atoms with Crippen molar-refractivity contribution in [1.29, 1.82) is 0 Å². The molecule has 1 unspecified atom stereocenters. The summed E-state index contributed by atoms with van der Waals surface area (Å²) in [5.74, 6) is -1.09. The summed E-state index contributed by atoms with van der Waals surface area (Å²) in [6.07, 6.45) is -17.4. The summed E-state index contributed by atoms with van der Waals surface area (Å²) in [7, 11) is 0.927. The number of rotatable bonds is 4. The van der Waals surface area contributed by atoms with E-state index >= 15 is 0 Å². The Labute approximate surface area is 125 Å². The molecule has 0 radical (unpaired) electrons. The highest BCUT2D eigenvalue weighted by atomic mass is 19.4. The fraction of sp³-hybridized carbons (Fsp3) is 0.462. The first kappa shape index (κ1) is 19.2. The maximum Gasteiger partial charge on any atom is 0.431 e. The second-order valence-corrected chi connectivity index (χ2v) is 4.60. The summed E-state index contributed by atoms with van der Waals surface area (Å²) in [6.45, 7) is 0. The lowest BCUT2D eigenvalue weighted by Gasteiger charge is -2.31. The molecule has 0 bridgehead atoms. The molecule has 1 aromatic rings. The van der Waals surface area contributed by atoms with Gasteiger partial charge in [0, 0.05) is 6.42 Å². The SMILES string of the molecule is COC(=O)c1ccccc1C(O)CC(F)(C(F)(F)F)C(F)(F)F. The van der Waals surface area contributed by atoms with Crippen LogP contribution in [0.2, 0.25) is 0 Å². The maximum atomic E-state index is 13.6. The summed E-state index contributed by atoms with van der Waals surface area (Å²) in [5.41, 5.74) is -6.69. The molecule has 0 aliphatic heterocycles. The highest BCUT2D eigenvalue weighted by Gasteiger charge is 2.72. The molecule has 0 aromatic heterocycles. The van der Waals surface area contributed by atoms with E-state index < -0.39 is 47.6 Å². The fourth-order valence-corrected chi connectivity index (χ4v) is 1.85. The number of hydrogen-bond donors (Lipinski definition) is 1. The zero-order valence-electron chi connectivity index (χ0n) is 11.5. The van der Waals surface area contributed by atoms with Crippen molar-refractivity contribution in [2.24, 2.45) is 0 Å². The van der Waals surface area contributed by atoms with E-state index in [1.807, 2.05) is 0 Å². The van der Waals surface area contributed by atoms with Gasteiger partial charge in [0.15, 0.2) is 0 Å². The van der Waals surface area contributed by atoms with Gasteiger partial charge in [-0.1, -0.05) is 18.2 Å². The Bertz CT molecular complexity index is 551. The first-order valence-corrected chi connectivity index (χ1v) is 6.03. The highest BCUT2D eigenvalue weighted by Crippen LogP contribution is 2.50. The van der Waals surface area contributed by atoms with Gasteiger partial charge in [-0.15, -0.1) is 0 Å². The van der Waals surface area contributed by atoms with Crippen molar-refractivity contribution in [3.8, 4) is 0 Å². The number of hydrogen-bond acceptors (Lipinski definition) is 3. The van der Waals surface area contributed by atoms with Crippen molar-refractivity contribution in [3.63, 3.8) is 0 Å². The molecule has 1 aromatic carbocycles. The van der Waals surface area contributed by atoms with Gasteiger partial charge in [0.05, 0.1) is 18.8 Å². The van der Waals surface area contributed by atoms with Crippen LogP contribution in [0.15, 0.2) is 24.3 Å². The molecule has 0 fully saturated rings. The summed E-state index contributed by atoms with van der Waals surface area (Å²) in [6, 6.07) is 4.33.